The molecule has 0 unspecified atom stereocenters. The Morgan fingerprint density at radius 2 is 1.52 bits per heavy atom. The van der Waals surface area contributed by atoms with Crippen LogP contribution in [0.4, 0.5) is 10.5 Å². The van der Waals surface area contributed by atoms with Crippen molar-refractivity contribution in [3.8, 4) is 5.75 Å². The monoisotopic (exact) mass is 416 g/mol. The van der Waals surface area contributed by atoms with Gasteiger partial charge in [0, 0.05) is 25.3 Å². The number of ether oxygens (including phenoxy) is 1. The Balaban J connectivity index is 1.22. The molecule has 5 nitrogen and oxygen atoms in total. The summed E-state index contributed by atoms with van der Waals surface area (Å²) in [7, 11) is 0. The Hall–Kier alpha value is -3.15. The highest BCUT2D eigenvalue weighted by molar-refractivity contribution is 5.86. The van der Waals surface area contributed by atoms with Gasteiger partial charge in [0.05, 0.1) is 5.60 Å². The average molecular weight is 417 g/mol. The van der Waals surface area contributed by atoms with Gasteiger partial charge in [0.15, 0.2) is 0 Å². The van der Waals surface area contributed by atoms with E-state index in [-0.39, 0.29) is 0 Å². The number of likely N-dealkylation sites (tertiary alicyclic amines) is 1. The number of amides is 1. The van der Waals surface area contributed by atoms with E-state index in [9.17, 15) is 9.90 Å². The molecule has 5 heteroatoms. The first-order chi connectivity index (χ1) is 15.1. The summed E-state index contributed by atoms with van der Waals surface area (Å²) in [5, 5.41) is 13.7. The maximum absolute atomic E-state index is 12.0. The second-order valence-corrected chi connectivity index (χ2v) is 8.01. The smallest absolute Gasteiger partial charge is 0.410 e. The number of benzene rings is 3. The number of nitrogens with zero attached hydrogens (tertiary/aromatic N) is 1. The molecular formula is C26H28N2O3. The number of hydrogen-bond donors (Lipinski definition) is 2. The number of aliphatic hydroxyl groups is 1. The minimum absolute atomic E-state index is 0.502. The van der Waals surface area contributed by atoms with E-state index in [1.54, 1.807) is 0 Å². The lowest BCUT2D eigenvalue weighted by atomic mass is 9.84. The minimum atomic E-state index is -0.711. The molecule has 1 aliphatic rings. The highest BCUT2D eigenvalue weighted by Gasteiger charge is 2.33. The molecule has 0 saturated carbocycles. The van der Waals surface area contributed by atoms with E-state index >= 15 is 0 Å². The van der Waals surface area contributed by atoms with E-state index < -0.39 is 11.7 Å². The fourth-order valence-corrected chi connectivity index (χ4v) is 3.97. The number of anilines is 1. The van der Waals surface area contributed by atoms with Gasteiger partial charge in [0.1, 0.15) is 5.75 Å². The molecule has 0 aliphatic carbocycles. The van der Waals surface area contributed by atoms with Crippen LogP contribution >= 0.6 is 0 Å². The van der Waals surface area contributed by atoms with Gasteiger partial charge in [-0.25, -0.2) is 4.79 Å². The molecule has 0 radical (unpaired) electrons. The molecule has 31 heavy (non-hydrogen) atoms. The van der Waals surface area contributed by atoms with Crippen molar-refractivity contribution in [3.05, 3.63) is 96.1 Å². The van der Waals surface area contributed by atoms with Crippen LogP contribution in [0.15, 0.2) is 84.9 Å². The maximum Gasteiger partial charge on any atom is 0.417 e. The summed E-state index contributed by atoms with van der Waals surface area (Å²) in [6, 6.07) is 26.8. The van der Waals surface area contributed by atoms with E-state index in [4.69, 9.17) is 4.74 Å². The predicted octanol–water partition coefficient (Wildman–Crippen LogP) is 4.82. The van der Waals surface area contributed by atoms with Crippen molar-refractivity contribution < 1.29 is 14.6 Å². The summed E-state index contributed by atoms with van der Waals surface area (Å²) < 4.78 is 5.34. The molecule has 2 N–H and O–H groups in total. The standard InChI is InChI=1S/C26H28N2O3/c29-25(27-23-9-5-2-6-10-23)31-24-13-11-21(12-14-24)15-18-28-19-16-26(30,17-20-28)22-7-3-1-4-8-22/h1-14,30H,15-20H2,(H,27,29). The molecule has 0 atom stereocenters. The van der Waals surface area contributed by atoms with Crippen molar-refractivity contribution >= 4 is 11.8 Å². The van der Waals surface area contributed by atoms with Gasteiger partial charge in [-0.15, -0.1) is 0 Å². The van der Waals surface area contributed by atoms with E-state index in [0.29, 0.717) is 11.4 Å². The van der Waals surface area contributed by atoms with Crippen molar-refractivity contribution in [2.75, 3.05) is 25.0 Å². The molecule has 1 amide bonds. The number of rotatable bonds is 6. The third-order valence-corrected chi connectivity index (χ3v) is 5.87. The first kappa shape index (κ1) is 21.1. The minimum Gasteiger partial charge on any atom is -0.410 e. The van der Waals surface area contributed by atoms with Crippen LogP contribution in [0.3, 0.4) is 0 Å². The van der Waals surface area contributed by atoms with E-state index in [1.807, 2.05) is 84.9 Å². The van der Waals surface area contributed by atoms with Crippen molar-refractivity contribution in [2.24, 2.45) is 0 Å². The molecule has 160 valence electrons. The molecule has 1 fully saturated rings. The molecule has 0 spiro atoms. The second-order valence-electron chi connectivity index (χ2n) is 8.01. The van der Waals surface area contributed by atoms with Gasteiger partial charge < -0.3 is 14.7 Å². The van der Waals surface area contributed by atoms with Gasteiger partial charge in [0.2, 0.25) is 0 Å². The predicted molar refractivity (Wildman–Crippen MR) is 122 cm³/mol. The van der Waals surface area contributed by atoms with Crippen LogP contribution in [0.5, 0.6) is 5.75 Å². The summed E-state index contributed by atoms with van der Waals surface area (Å²) >= 11 is 0. The van der Waals surface area contributed by atoms with Crippen molar-refractivity contribution in [1.29, 1.82) is 0 Å². The van der Waals surface area contributed by atoms with Crippen LogP contribution in [0.2, 0.25) is 0 Å². The normalized spacial score (nSPS) is 15.9. The number of hydrogen-bond acceptors (Lipinski definition) is 4. The number of piperidine rings is 1. The SMILES string of the molecule is O=C(Nc1ccccc1)Oc1ccc(CCN2CCC(O)(c3ccccc3)CC2)cc1. The van der Waals surface area contributed by atoms with Crippen molar-refractivity contribution in [1.82, 2.24) is 4.90 Å². The Kier molecular flexibility index (Phi) is 6.65. The van der Waals surface area contributed by atoms with Crippen molar-refractivity contribution in [3.63, 3.8) is 0 Å². The molecular weight excluding hydrogens is 388 g/mol. The molecule has 3 aromatic rings. The summed E-state index contributed by atoms with van der Waals surface area (Å²) in [6.07, 6.45) is 1.92. The molecule has 3 aromatic carbocycles. The highest BCUT2D eigenvalue weighted by atomic mass is 16.6. The van der Waals surface area contributed by atoms with Crippen LogP contribution in [0, 0.1) is 0 Å². The zero-order valence-electron chi connectivity index (χ0n) is 17.5. The summed E-state index contributed by atoms with van der Waals surface area (Å²) in [4.78, 5) is 14.4. The first-order valence-corrected chi connectivity index (χ1v) is 10.7. The van der Waals surface area contributed by atoms with Crippen LogP contribution in [0.1, 0.15) is 24.0 Å². The number of carbonyl (C=O) groups is 1. The van der Waals surface area contributed by atoms with Crippen LogP contribution in [-0.2, 0) is 12.0 Å². The zero-order valence-corrected chi connectivity index (χ0v) is 17.5. The Morgan fingerprint density at radius 3 is 2.16 bits per heavy atom. The number of carbonyl (C=O) groups excluding carboxylic acids is 1. The third kappa shape index (κ3) is 5.72. The van der Waals surface area contributed by atoms with Crippen LogP contribution in [0.25, 0.3) is 0 Å². The zero-order chi connectivity index (χ0) is 21.5. The quantitative estimate of drug-likeness (QED) is 0.605. The fraction of sp³-hybridized carbons (Fsp3) is 0.269. The van der Waals surface area contributed by atoms with Gasteiger partial charge in [-0.2, -0.15) is 0 Å². The van der Waals surface area contributed by atoms with Gasteiger partial charge >= 0.3 is 6.09 Å². The van der Waals surface area contributed by atoms with Gasteiger partial charge in [-0.1, -0.05) is 60.7 Å². The maximum atomic E-state index is 12.0. The van der Waals surface area contributed by atoms with E-state index in [0.717, 1.165) is 44.5 Å². The number of nitrogens with one attached hydrogen (secondary N) is 1. The second kappa shape index (κ2) is 9.77. The molecule has 0 aromatic heterocycles. The van der Waals surface area contributed by atoms with Crippen LogP contribution in [-0.4, -0.2) is 35.7 Å². The summed E-state index contributed by atoms with van der Waals surface area (Å²) in [5.41, 5.74) is 2.20. The Bertz CT molecular complexity index is 967. The molecule has 1 heterocycles. The fourth-order valence-electron chi connectivity index (χ4n) is 3.97. The van der Waals surface area contributed by atoms with Gasteiger partial charge in [0.25, 0.3) is 0 Å². The molecule has 4 rings (SSSR count). The lowest BCUT2D eigenvalue weighted by Crippen LogP contribution is -2.43. The topological polar surface area (TPSA) is 61.8 Å². The summed E-state index contributed by atoms with van der Waals surface area (Å²) in [6.45, 7) is 2.71. The average Bonchev–Trinajstić information content (AvgIpc) is 2.81. The first-order valence-electron chi connectivity index (χ1n) is 10.7. The van der Waals surface area contributed by atoms with Crippen molar-refractivity contribution in [2.45, 2.75) is 24.9 Å². The molecule has 1 aliphatic heterocycles. The van der Waals surface area contributed by atoms with E-state index in [1.165, 1.54) is 5.56 Å². The Morgan fingerprint density at radius 1 is 0.903 bits per heavy atom. The van der Waals surface area contributed by atoms with Crippen LogP contribution < -0.4 is 10.1 Å². The van der Waals surface area contributed by atoms with Gasteiger partial charge in [-0.05, 0) is 54.7 Å². The lowest BCUT2D eigenvalue weighted by Gasteiger charge is -2.38. The lowest BCUT2D eigenvalue weighted by molar-refractivity contribution is -0.0255. The largest absolute Gasteiger partial charge is 0.417 e. The number of para-hydroxylation sites is 1. The highest BCUT2D eigenvalue weighted by Crippen LogP contribution is 2.32. The summed E-state index contributed by atoms with van der Waals surface area (Å²) in [5.74, 6) is 0.517. The molecule has 1 saturated heterocycles. The Labute approximate surface area is 183 Å². The van der Waals surface area contributed by atoms with E-state index in [2.05, 4.69) is 10.2 Å². The molecule has 0 bridgehead atoms. The third-order valence-electron chi connectivity index (χ3n) is 5.87. The van der Waals surface area contributed by atoms with Gasteiger partial charge in [-0.3, -0.25) is 5.32 Å².